The summed E-state index contributed by atoms with van der Waals surface area (Å²) < 4.78 is 0. The van der Waals surface area contributed by atoms with Crippen molar-refractivity contribution >= 4 is 0 Å². The van der Waals surface area contributed by atoms with E-state index in [2.05, 4.69) is 15.5 Å². The van der Waals surface area contributed by atoms with E-state index in [9.17, 15) is 4.91 Å². The summed E-state index contributed by atoms with van der Waals surface area (Å²) in [5.41, 5.74) is 0. The van der Waals surface area contributed by atoms with E-state index in [1.165, 1.54) is 0 Å². The predicted octanol–water partition coefficient (Wildman–Crippen LogP) is 0.0463. The van der Waals surface area contributed by atoms with Crippen LogP contribution in [-0.2, 0) is 4.84 Å². The van der Waals surface area contributed by atoms with Gasteiger partial charge in [0, 0.05) is 13.0 Å². The van der Waals surface area contributed by atoms with E-state index in [-0.39, 0.29) is 6.10 Å². The van der Waals surface area contributed by atoms with E-state index in [1.807, 2.05) is 0 Å². The van der Waals surface area contributed by atoms with E-state index in [0.717, 1.165) is 19.5 Å². The van der Waals surface area contributed by atoms with Crippen LogP contribution in [-0.4, -0.2) is 19.2 Å². The number of rotatable bonds is 2. The number of hydrogen-bond acceptors (Lipinski definition) is 4. The summed E-state index contributed by atoms with van der Waals surface area (Å²) in [7, 11) is 0. The van der Waals surface area contributed by atoms with Gasteiger partial charge in [-0.05, 0) is 6.54 Å². The highest BCUT2D eigenvalue weighted by Gasteiger charge is 2.15. The van der Waals surface area contributed by atoms with E-state index < -0.39 is 0 Å². The van der Waals surface area contributed by atoms with Gasteiger partial charge in [-0.2, -0.15) is 0 Å². The molecule has 1 heterocycles. The molecule has 46 valence electrons. The quantitative estimate of drug-likeness (QED) is 0.409. The van der Waals surface area contributed by atoms with Crippen LogP contribution in [0.1, 0.15) is 6.42 Å². The highest BCUT2D eigenvalue weighted by molar-refractivity contribution is 4.69. The molecule has 0 aromatic carbocycles. The van der Waals surface area contributed by atoms with Crippen molar-refractivity contribution in [2.45, 2.75) is 12.5 Å². The Bertz CT molecular complexity index is 80.1. The summed E-state index contributed by atoms with van der Waals surface area (Å²) in [6.45, 7) is 1.69. The molecule has 4 nitrogen and oxygen atoms in total. The second kappa shape index (κ2) is 2.61. The Balaban J connectivity index is 2.14. The van der Waals surface area contributed by atoms with Crippen molar-refractivity contribution in [1.82, 2.24) is 5.32 Å². The van der Waals surface area contributed by atoms with Gasteiger partial charge in [0.1, 0.15) is 6.10 Å². The van der Waals surface area contributed by atoms with Gasteiger partial charge in [-0.25, -0.2) is 0 Å². The molecule has 1 unspecified atom stereocenters. The van der Waals surface area contributed by atoms with Gasteiger partial charge in [-0.1, -0.05) is 0 Å². The van der Waals surface area contributed by atoms with Gasteiger partial charge in [0.25, 0.3) is 0 Å². The van der Waals surface area contributed by atoms with Crippen LogP contribution in [0.2, 0.25) is 0 Å². The van der Waals surface area contributed by atoms with Crippen LogP contribution in [0.4, 0.5) is 0 Å². The lowest BCUT2D eigenvalue weighted by Crippen LogP contribution is -2.13. The van der Waals surface area contributed by atoms with Crippen LogP contribution in [0.3, 0.4) is 0 Å². The van der Waals surface area contributed by atoms with Gasteiger partial charge < -0.3 is 10.2 Å². The second-order valence-electron chi connectivity index (χ2n) is 1.79. The Morgan fingerprint density at radius 2 is 2.62 bits per heavy atom. The minimum Gasteiger partial charge on any atom is -0.359 e. The normalized spacial score (nSPS) is 27.8. The maximum atomic E-state index is 9.46. The standard InChI is InChI=1S/C4H8N2O2/c7-6-8-4-1-2-5-3-4/h4-5H,1-3H2. The molecular formula is C4H8N2O2. The first-order chi connectivity index (χ1) is 3.93. The van der Waals surface area contributed by atoms with Gasteiger partial charge in [0.2, 0.25) is 0 Å². The fourth-order valence-corrected chi connectivity index (χ4v) is 0.779. The molecule has 0 amide bonds. The van der Waals surface area contributed by atoms with E-state index in [0.29, 0.717) is 0 Å². The van der Waals surface area contributed by atoms with Gasteiger partial charge in [0.05, 0.1) is 0 Å². The van der Waals surface area contributed by atoms with Crippen LogP contribution in [0.5, 0.6) is 0 Å². The molecule has 8 heavy (non-hydrogen) atoms. The van der Waals surface area contributed by atoms with Crippen LogP contribution >= 0.6 is 0 Å². The molecule has 0 bridgehead atoms. The van der Waals surface area contributed by atoms with E-state index >= 15 is 0 Å². The molecule has 1 saturated heterocycles. The fourth-order valence-electron chi connectivity index (χ4n) is 0.779. The Morgan fingerprint density at radius 3 is 3.12 bits per heavy atom. The molecule has 0 aliphatic carbocycles. The van der Waals surface area contributed by atoms with Crippen LogP contribution in [0.15, 0.2) is 5.34 Å². The first-order valence-electron chi connectivity index (χ1n) is 2.62. The molecular weight excluding hydrogens is 108 g/mol. The Kier molecular flexibility index (Phi) is 1.80. The maximum absolute atomic E-state index is 9.46. The lowest BCUT2D eigenvalue weighted by Gasteiger charge is -1.99. The third kappa shape index (κ3) is 1.16. The average Bonchev–Trinajstić information content (AvgIpc) is 2.19. The summed E-state index contributed by atoms with van der Waals surface area (Å²) in [6, 6.07) is 0. The van der Waals surface area contributed by atoms with Crippen molar-refractivity contribution in [3.8, 4) is 0 Å². The summed E-state index contributed by atoms with van der Waals surface area (Å²) in [4.78, 5) is 13.9. The third-order valence-electron chi connectivity index (χ3n) is 1.21. The van der Waals surface area contributed by atoms with Crippen molar-refractivity contribution in [3.05, 3.63) is 4.91 Å². The maximum Gasteiger partial charge on any atom is 0.155 e. The Hall–Kier alpha value is -0.640. The van der Waals surface area contributed by atoms with Crippen molar-refractivity contribution in [2.24, 2.45) is 5.34 Å². The minimum atomic E-state index is 0.0208. The first kappa shape index (κ1) is 5.50. The molecule has 4 heteroatoms. The SMILES string of the molecule is O=NOC1CCNC1. The first-order valence-corrected chi connectivity index (χ1v) is 2.62. The smallest absolute Gasteiger partial charge is 0.155 e. The molecule has 1 fully saturated rings. The van der Waals surface area contributed by atoms with Gasteiger partial charge >= 0.3 is 0 Å². The topological polar surface area (TPSA) is 50.7 Å². The van der Waals surface area contributed by atoms with Gasteiger partial charge in [-0.3, -0.25) is 0 Å². The largest absolute Gasteiger partial charge is 0.359 e. The van der Waals surface area contributed by atoms with Crippen LogP contribution in [0, 0.1) is 4.91 Å². The highest BCUT2D eigenvalue weighted by Crippen LogP contribution is 2.01. The zero-order valence-electron chi connectivity index (χ0n) is 4.46. The zero-order chi connectivity index (χ0) is 5.82. The number of nitrogens with one attached hydrogen (secondary N) is 1. The highest BCUT2D eigenvalue weighted by atomic mass is 16.7. The lowest BCUT2D eigenvalue weighted by molar-refractivity contribution is 0.0697. The lowest BCUT2D eigenvalue weighted by atomic mass is 10.3. The number of hydrogen-bond donors (Lipinski definition) is 1. The molecule has 1 aliphatic heterocycles. The van der Waals surface area contributed by atoms with E-state index in [4.69, 9.17) is 0 Å². The summed E-state index contributed by atoms with van der Waals surface area (Å²) in [6.07, 6.45) is 0.915. The predicted molar refractivity (Wildman–Crippen MR) is 28.2 cm³/mol. The molecule has 0 radical (unpaired) electrons. The molecule has 1 N–H and O–H groups in total. The van der Waals surface area contributed by atoms with Gasteiger partial charge in [-0.15, -0.1) is 4.91 Å². The molecule has 1 aliphatic rings. The fraction of sp³-hybridized carbons (Fsp3) is 1.00. The molecule has 0 aromatic heterocycles. The second-order valence-corrected chi connectivity index (χ2v) is 1.79. The van der Waals surface area contributed by atoms with Crippen molar-refractivity contribution in [1.29, 1.82) is 0 Å². The average molecular weight is 116 g/mol. The van der Waals surface area contributed by atoms with Crippen molar-refractivity contribution < 1.29 is 4.84 Å². The Labute approximate surface area is 47.1 Å². The number of nitrogens with zero attached hydrogens (tertiary/aromatic N) is 1. The van der Waals surface area contributed by atoms with Crippen LogP contribution < -0.4 is 5.32 Å². The van der Waals surface area contributed by atoms with Crippen molar-refractivity contribution in [2.75, 3.05) is 13.1 Å². The summed E-state index contributed by atoms with van der Waals surface area (Å²) >= 11 is 0. The molecule has 1 atom stereocenters. The minimum absolute atomic E-state index is 0.0208. The monoisotopic (exact) mass is 116 g/mol. The van der Waals surface area contributed by atoms with E-state index in [1.54, 1.807) is 0 Å². The molecule has 0 saturated carbocycles. The van der Waals surface area contributed by atoms with Crippen LogP contribution in [0.25, 0.3) is 0 Å². The zero-order valence-corrected chi connectivity index (χ0v) is 4.46. The third-order valence-corrected chi connectivity index (χ3v) is 1.21. The molecule has 0 aromatic rings. The summed E-state index contributed by atoms with van der Waals surface area (Å²) in [5, 5.41) is 5.36. The molecule has 1 rings (SSSR count). The van der Waals surface area contributed by atoms with Crippen molar-refractivity contribution in [3.63, 3.8) is 0 Å². The molecule has 0 spiro atoms. The van der Waals surface area contributed by atoms with Gasteiger partial charge in [0.15, 0.2) is 5.34 Å². The summed E-state index contributed by atoms with van der Waals surface area (Å²) in [5.74, 6) is 0. The Morgan fingerprint density at radius 1 is 1.75 bits per heavy atom.